The van der Waals surface area contributed by atoms with Crippen LogP contribution in [0.3, 0.4) is 0 Å². The molecule has 1 aliphatic rings. The molecule has 1 aromatic rings. The number of aromatic nitrogens is 1. The number of hydrogen-bond donors (Lipinski definition) is 2. The second kappa shape index (κ2) is 4.96. The van der Waals surface area contributed by atoms with E-state index in [0.717, 1.165) is 18.2 Å². The van der Waals surface area contributed by atoms with Gasteiger partial charge in [-0.15, -0.1) is 0 Å². The van der Waals surface area contributed by atoms with Gasteiger partial charge in [0, 0.05) is 25.0 Å². The number of nitrogens with one attached hydrogen (secondary N) is 2. The molecule has 1 saturated carbocycles. The van der Waals surface area contributed by atoms with Crippen molar-refractivity contribution < 1.29 is 4.79 Å². The van der Waals surface area contributed by atoms with E-state index >= 15 is 0 Å². The Morgan fingerprint density at radius 3 is 2.89 bits per heavy atom. The van der Waals surface area contributed by atoms with Crippen molar-refractivity contribution in [2.24, 2.45) is 11.3 Å². The Kier molecular flexibility index (Phi) is 3.55. The minimum atomic E-state index is -0.118. The number of carbonyl (C=O) groups excluding carboxylic acids is 1. The molecule has 1 unspecified atom stereocenters. The third kappa shape index (κ3) is 3.00. The van der Waals surface area contributed by atoms with Gasteiger partial charge in [0.05, 0.1) is 0 Å². The van der Waals surface area contributed by atoms with Crippen molar-refractivity contribution in [3.8, 4) is 0 Å². The molecule has 4 nitrogen and oxygen atoms in total. The highest BCUT2D eigenvalue weighted by atomic mass is 16.1. The van der Waals surface area contributed by atoms with Gasteiger partial charge in [-0.2, -0.15) is 0 Å². The van der Waals surface area contributed by atoms with Gasteiger partial charge in [0.15, 0.2) is 0 Å². The summed E-state index contributed by atoms with van der Waals surface area (Å²) in [5, 5.41) is 6.13. The van der Waals surface area contributed by atoms with Gasteiger partial charge in [-0.3, -0.25) is 9.78 Å². The molecule has 1 fully saturated rings. The summed E-state index contributed by atoms with van der Waals surface area (Å²) in [4.78, 5) is 15.7. The second-order valence-corrected chi connectivity index (χ2v) is 5.56. The maximum atomic E-state index is 11.6. The molecule has 4 heteroatoms. The normalized spacial score (nSPS) is 20.3. The Labute approximate surface area is 108 Å². The zero-order valence-corrected chi connectivity index (χ0v) is 11.3. The highest BCUT2D eigenvalue weighted by molar-refractivity contribution is 5.93. The van der Waals surface area contributed by atoms with Crippen LogP contribution < -0.4 is 10.6 Å². The first-order valence-electron chi connectivity index (χ1n) is 6.51. The lowest BCUT2D eigenvalue weighted by atomic mass is 10.1. The Morgan fingerprint density at radius 1 is 1.56 bits per heavy atom. The average molecular weight is 247 g/mol. The first-order valence-corrected chi connectivity index (χ1v) is 6.51. The molecule has 0 radical (unpaired) electrons. The van der Waals surface area contributed by atoms with E-state index in [4.69, 9.17) is 0 Å². The van der Waals surface area contributed by atoms with Gasteiger partial charge in [0.1, 0.15) is 5.69 Å². The maximum Gasteiger partial charge on any atom is 0.269 e. The molecule has 2 rings (SSSR count). The lowest BCUT2D eigenvalue weighted by Crippen LogP contribution is -2.23. The molecule has 0 aliphatic heterocycles. The van der Waals surface area contributed by atoms with Crippen LogP contribution in [0.2, 0.25) is 0 Å². The van der Waals surface area contributed by atoms with Crippen molar-refractivity contribution in [3.05, 3.63) is 24.0 Å². The zero-order valence-electron chi connectivity index (χ0n) is 11.3. The van der Waals surface area contributed by atoms with Gasteiger partial charge in [0.25, 0.3) is 5.91 Å². The summed E-state index contributed by atoms with van der Waals surface area (Å²) >= 11 is 0. The van der Waals surface area contributed by atoms with Gasteiger partial charge < -0.3 is 10.6 Å². The zero-order chi connectivity index (χ0) is 13.2. The molecule has 0 spiro atoms. The van der Waals surface area contributed by atoms with Crippen LogP contribution in [0.25, 0.3) is 0 Å². The van der Waals surface area contributed by atoms with Crippen molar-refractivity contribution in [1.82, 2.24) is 10.3 Å². The van der Waals surface area contributed by atoms with E-state index in [1.54, 1.807) is 12.3 Å². The summed E-state index contributed by atoms with van der Waals surface area (Å²) < 4.78 is 0. The van der Waals surface area contributed by atoms with Crippen LogP contribution in [-0.2, 0) is 0 Å². The summed E-state index contributed by atoms with van der Waals surface area (Å²) in [6.07, 6.45) is 2.94. The monoisotopic (exact) mass is 247 g/mol. The van der Waals surface area contributed by atoms with Crippen molar-refractivity contribution >= 4 is 11.6 Å². The molecule has 1 amide bonds. The lowest BCUT2D eigenvalue weighted by molar-refractivity contribution is 0.0951. The van der Waals surface area contributed by atoms with Crippen LogP contribution >= 0.6 is 0 Å². The molecule has 1 atom stereocenters. The fourth-order valence-electron chi connectivity index (χ4n) is 2.08. The smallest absolute Gasteiger partial charge is 0.269 e. The SMILES string of the molecule is CCNC(=O)c1cc(NCC2CC2(C)C)ccn1. The predicted octanol–water partition coefficient (Wildman–Crippen LogP) is 2.29. The lowest BCUT2D eigenvalue weighted by Gasteiger charge is -2.09. The molecular weight excluding hydrogens is 226 g/mol. The summed E-state index contributed by atoms with van der Waals surface area (Å²) in [6, 6.07) is 3.71. The third-order valence-corrected chi connectivity index (χ3v) is 3.60. The molecule has 1 aromatic heterocycles. The third-order valence-electron chi connectivity index (χ3n) is 3.60. The molecule has 18 heavy (non-hydrogen) atoms. The van der Waals surface area contributed by atoms with Crippen LogP contribution in [-0.4, -0.2) is 24.0 Å². The second-order valence-electron chi connectivity index (χ2n) is 5.56. The summed E-state index contributed by atoms with van der Waals surface area (Å²) in [7, 11) is 0. The molecule has 1 aliphatic carbocycles. The van der Waals surface area contributed by atoms with Crippen LogP contribution in [0.1, 0.15) is 37.7 Å². The highest BCUT2D eigenvalue weighted by Crippen LogP contribution is 2.51. The Bertz CT molecular complexity index is 442. The quantitative estimate of drug-likeness (QED) is 0.839. The van der Waals surface area contributed by atoms with Gasteiger partial charge in [-0.05, 0) is 36.8 Å². The Morgan fingerprint density at radius 2 is 2.28 bits per heavy atom. The number of carbonyl (C=O) groups is 1. The fraction of sp³-hybridized carbons (Fsp3) is 0.571. The molecule has 0 aromatic carbocycles. The van der Waals surface area contributed by atoms with Crippen molar-refractivity contribution in [3.63, 3.8) is 0 Å². The Hall–Kier alpha value is -1.58. The number of rotatable bonds is 5. The molecule has 1 heterocycles. The largest absolute Gasteiger partial charge is 0.385 e. The Balaban J connectivity index is 1.93. The molecule has 0 saturated heterocycles. The van der Waals surface area contributed by atoms with E-state index in [9.17, 15) is 4.79 Å². The highest BCUT2D eigenvalue weighted by Gasteiger charge is 2.44. The van der Waals surface area contributed by atoms with Crippen LogP contribution in [0, 0.1) is 11.3 Å². The van der Waals surface area contributed by atoms with E-state index in [1.165, 1.54) is 6.42 Å². The molecule has 0 bridgehead atoms. The average Bonchev–Trinajstić information content (AvgIpc) is 2.95. The van der Waals surface area contributed by atoms with Crippen molar-refractivity contribution in [1.29, 1.82) is 0 Å². The molecule has 98 valence electrons. The minimum Gasteiger partial charge on any atom is -0.385 e. The van der Waals surface area contributed by atoms with Gasteiger partial charge in [0.2, 0.25) is 0 Å². The topological polar surface area (TPSA) is 54.0 Å². The van der Waals surface area contributed by atoms with E-state index in [2.05, 4.69) is 29.5 Å². The van der Waals surface area contributed by atoms with Gasteiger partial charge in [-0.25, -0.2) is 0 Å². The molecule has 2 N–H and O–H groups in total. The fourth-order valence-corrected chi connectivity index (χ4v) is 2.08. The van der Waals surface area contributed by atoms with Gasteiger partial charge >= 0.3 is 0 Å². The first-order chi connectivity index (χ1) is 8.53. The summed E-state index contributed by atoms with van der Waals surface area (Å²) in [5.74, 6) is 0.617. The van der Waals surface area contributed by atoms with Crippen molar-refractivity contribution in [2.45, 2.75) is 27.2 Å². The number of anilines is 1. The van der Waals surface area contributed by atoms with Crippen LogP contribution in [0.4, 0.5) is 5.69 Å². The van der Waals surface area contributed by atoms with Crippen LogP contribution in [0.5, 0.6) is 0 Å². The summed E-state index contributed by atoms with van der Waals surface area (Å²) in [6.45, 7) is 8.05. The van der Waals surface area contributed by atoms with Crippen molar-refractivity contribution in [2.75, 3.05) is 18.4 Å². The van der Waals surface area contributed by atoms with Gasteiger partial charge in [-0.1, -0.05) is 13.8 Å². The molecular formula is C14H21N3O. The standard InChI is InChI=1S/C14H21N3O/c1-4-15-13(18)12-7-11(5-6-16-12)17-9-10-8-14(10,2)3/h5-7,10H,4,8-9H2,1-3H3,(H,15,18)(H,16,17). The predicted molar refractivity (Wildman–Crippen MR) is 72.6 cm³/mol. The van der Waals surface area contributed by atoms with E-state index in [1.807, 2.05) is 13.0 Å². The van der Waals surface area contributed by atoms with E-state index in [-0.39, 0.29) is 5.91 Å². The minimum absolute atomic E-state index is 0.118. The van der Waals surface area contributed by atoms with E-state index in [0.29, 0.717) is 17.7 Å². The maximum absolute atomic E-state index is 11.6. The number of hydrogen-bond acceptors (Lipinski definition) is 3. The number of pyridine rings is 1. The first kappa shape index (κ1) is 12.9. The number of amides is 1. The number of nitrogens with zero attached hydrogens (tertiary/aromatic N) is 1. The summed E-state index contributed by atoms with van der Waals surface area (Å²) in [5.41, 5.74) is 1.91. The van der Waals surface area contributed by atoms with Crippen LogP contribution in [0.15, 0.2) is 18.3 Å². The van der Waals surface area contributed by atoms with E-state index < -0.39 is 0 Å².